The fourth-order valence-electron chi connectivity index (χ4n) is 2.92. The highest BCUT2D eigenvalue weighted by Gasteiger charge is 2.38. The van der Waals surface area contributed by atoms with Crippen molar-refractivity contribution >= 4 is 17.8 Å². The maximum atomic E-state index is 12.9. The molecule has 6 heteroatoms. The molecule has 134 valence electrons. The molecule has 2 amide bonds. The highest BCUT2D eigenvalue weighted by atomic mass is 19.1. The first-order chi connectivity index (χ1) is 12.6. The largest absolute Gasteiger partial charge is 0.446 e. The molecule has 1 aliphatic heterocycles. The molecule has 1 aliphatic rings. The van der Waals surface area contributed by atoms with Crippen LogP contribution in [0.2, 0.25) is 0 Å². The third-order valence-electron chi connectivity index (χ3n) is 4.29. The summed E-state index contributed by atoms with van der Waals surface area (Å²) in [5.41, 5.74) is 1.23. The van der Waals surface area contributed by atoms with Gasteiger partial charge in [-0.1, -0.05) is 30.3 Å². The van der Waals surface area contributed by atoms with E-state index in [1.54, 1.807) is 0 Å². The lowest BCUT2D eigenvalue weighted by atomic mass is 10.0. The molecule has 2 aromatic rings. The summed E-state index contributed by atoms with van der Waals surface area (Å²) in [7, 11) is 0. The molecule has 0 radical (unpaired) electrons. The summed E-state index contributed by atoms with van der Waals surface area (Å²) in [6.45, 7) is 0.128. The quantitative estimate of drug-likeness (QED) is 0.737. The molecule has 2 aromatic carbocycles. The van der Waals surface area contributed by atoms with Crippen LogP contribution >= 0.6 is 0 Å². The molecule has 0 aromatic heterocycles. The zero-order valence-corrected chi connectivity index (χ0v) is 14.1. The number of halogens is 1. The minimum Gasteiger partial charge on any atom is -0.446 e. The van der Waals surface area contributed by atoms with E-state index in [1.807, 2.05) is 30.3 Å². The zero-order valence-electron chi connectivity index (χ0n) is 14.1. The van der Waals surface area contributed by atoms with Crippen LogP contribution in [0.15, 0.2) is 54.6 Å². The fraction of sp³-hybridized carbons (Fsp3) is 0.250. The molecule has 0 unspecified atom stereocenters. The first-order valence-electron chi connectivity index (χ1n) is 8.39. The number of ketones is 1. The van der Waals surface area contributed by atoms with Crippen molar-refractivity contribution in [2.24, 2.45) is 0 Å². The maximum absolute atomic E-state index is 12.9. The summed E-state index contributed by atoms with van der Waals surface area (Å²) in [6, 6.07) is 14.1. The molecule has 0 bridgehead atoms. The van der Waals surface area contributed by atoms with Crippen molar-refractivity contribution in [1.29, 1.82) is 0 Å². The Kier molecular flexibility index (Phi) is 5.41. The van der Waals surface area contributed by atoms with E-state index in [4.69, 9.17) is 4.74 Å². The number of nitrogens with zero attached hydrogens (tertiary/aromatic N) is 1. The number of carbonyl (C=O) groups is 3. The van der Waals surface area contributed by atoms with Crippen molar-refractivity contribution in [3.63, 3.8) is 0 Å². The Hall–Kier alpha value is -3.02. The van der Waals surface area contributed by atoms with Crippen molar-refractivity contribution in [1.82, 2.24) is 4.90 Å². The third kappa shape index (κ3) is 3.96. The van der Waals surface area contributed by atoms with E-state index in [1.165, 1.54) is 24.3 Å². The van der Waals surface area contributed by atoms with Crippen molar-refractivity contribution < 1.29 is 23.5 Å². The molecule has 0 saturated carbocycles. The highest BCUT2D eigenvalue weighted by Crippen LogP contribution is 2.28. The van der Waals surface area contributed by atoms with E-state index >= 15 is 0 Å². The molecule has 26 heavy (non-hydrogen) atoms. The van der Waals surface area contributed by atoms with Crippen molar-refractivity contribution in [2.45, 2.75) is 25.3 Å². The zero-order chi connectivity index (χ0) is 18.5. The Balaban J connectivity index is 1.57. The van der Waals surface area contributed by atoms with Gasteiger partial charge in [-0.2, -0.15) is 0 Å². The summed E-state index contributed by atoms with van der Waals surface area (Å²) in [4.78, 5) is 37.6. The molecule has 1 atom stereocenters. The minimum absolute atomic E-state index is 0.0609. The van der Waals surface area contributed by atoms with E-state index in [2.05, 4.69) is 0 Å². The van der Waals surface area contributed by atoms with Crippen LogP contribution in [-0.2, 0) is 9.53 Å². The topological polar surface area (TPSA) is 63.7 Å². The van der Waals surface area contributed by atoms with Gasteiger partial charge in [-0.15, -0.1) is 0 Å². The van der Waals surface area contributed by atoms with E-state index in [0.29, 0.717) is 12.0 Å². The van der Waals surface area contributed by atoms with Crippen LogP contribution in [0.25, 0.3) is 0 Å². The van der Waals surface area contributed by atoms with Gasteiger partial charge >= 0.3 is 6.09 Å². The number of hydrogen-bond donors (Lipinski definition) is 0. The second-order valence-electron chi connectivity index (χ2n) is 6.05. The second-order valence-corrected chi connectivity index (χ2v) is 6.05. The third-order valence-corrected chi connectivity index (χ3v) is 4.29. The molecule has 1 saturated heterocycles. The molecule has 5 nitrogen and oxygen atoms in total. The molecule has 0 N–H and O–H groups in total. The number of benzene rings is 2. The van der Waals surface area contributed by atoms with E-state index in [-0.39, 0.29) is 31.1 Å². The van der Waals surface area contributed by atoms with Gasteiger partial charge in [0.15, 0.2) is 5.78 Å². The number of carbonyl (C=O) groups excluding carboxylic acids is 3. The summed E-state index contributed by atoms with van der Waals surface area (Å²) in [5.74, 6) is -0.939. The highest BCUT2D eigenvalue weighted by molar-refractivity contribution is 5.97. The van der Waals surface area contributed by atoms with E-state index < -0.39 is 18.0 Å². The molecule has 3 rings (SSSR count). The number of hydrogen-bond acceptors (Lipinski definition) is 4. The average molecular weight is 355 g/mol. The molecule has 0 aliphatic carbocycles. The Bertz CT molecular complexity index is 804. The lowest BCUT2D eigenvalue weighted by Gasteiger charge is -2.19. The van der Waals surface area contributed by atoms with Gasteiger partial charge in [0.2, 0.25) is 5.91 Å². The summed E-state index contributed by atoms with van der Waals surface area (Å²) in [5, 5.41) is 0. The Labute approximate surface area is 150 Å². The fourth-order valence-corrected chi connectivity index (χ4v) is 2.92. The summed E-state index contributed by atoms with van der Waals surface area (Å²) >= 11 is 0. The van der Waals surface area contributed by atoms with Gasteiger partial charge in [-0.3, -0.25) is 9.59 Å². The van der Waals surface area contributed by atoms with Crippen LogP contribution in [0.4, 0.5) is 9.18 Å². The average Bonchev–Trinajstić information content (AvgIpc) is 3.04. The number of amides is 2. The van der Waals surface area contributed by atoms with Crippen molar-refractivity contribution in [2.75, 3.05) is 6.61 Å². The summed E-state index contributed by atoms with van der Waals surface area (Å²) < 4.78 is 17.9. The monoisotopic (exact) mass is 355 g/mol. The van der Waals surface area contributed by atoms with Crippen LogP contribution in [0.3, 0.4) is 0 Å². The van der Waals surface area contributed by atoms with E-state index in [9.17, 15) is 18.8 Å². The van der Waals surface area contributed by atoms with Gasteiger partial charge in [-0.25, -0.2) is 14.1 Å². The smallest absolute Gasteiger partial charge is 0.417 e. The van der Waals surface area contributed by atoms with Gasteiger partial charge in [0.05, 0.1) is 0 Å². The van der Waals surface area contributed by atoms with Crippen molar-refractivity contribution in [3.05, 3.63) is 71.5 Å². The van der Waals surface area contributed by atoms with Crippen LogP contribution in [-0.4, -0.2) is 29.3 Å². The minimum atomic E-state index is -0.659. The van der Waals surface area contributed by atoms with Gasteiger partial charge in [-0.05, 0) is 36.2 Å². The lowest BCUT2D eigenvalue weighted by Crippen LogP contribution is -2.34. The number of imide groups is 1. The SMILES string of the molecule is O=C(CCCC(=O)N1C(=O)OC[C@H]1c1ccccc1)c1ccc(F)cc1. The molecule has 0 spiro atoms. The normalized spacial score (nSPS) is 16.4. The molecule has 1 heterocycles. The van der Waals surface area contributed by atoms with Crippen molar-refractivity contribution in [3.8, 4) is 0 Å². The number of rotatable bonds is 6. The Morgan fingerprint density at radius 3 is 2.42 bits per heavy atom. The predicted molar refractivity (Wildman–Crippen MR) is 92.0 cm³/mol. The van der Waals surface area contributed by atoms with Gasteiger partial charge in [0.25, 0.3) is 0 Å². The van der Waals surface area contributed by atoms with E-state index in [0.717, 1.165) is 10.5 Å². The van der Waals surface area contributed by atoms with Crippen LogP contribution < -0.4 is 0 Å². The van der Waals surface area contributed by atoms with Crippen LogP contribution in [0.1, 0.15) is 41.2 Å². The molecular formula is C20H18FNO4. The van der Waals surface area contributed by atoms with Gasteiger partial charge in [0.1, 0.15) is 18.5 Å². The van der Waals surface area contributed by atoms with Gasteiger partial charge in [0, 0.05) is 18.4 Å². The molecule has 1 fully saturated rings. The summed E-state index contributed by atoms with van der Waals surface area (Å²) in [6.07, 6.45) is -0.143. The maximum Gasteiger partial charge on any atom is 0.417 e. The lowest BCUT2D eigenvalue weighted by molar-refractivity contribution is -0.129. The second kappa shape index (κ2) is 7.91. The predicted octanol–water partition coefficient (Wildman–Crippen LogP) is 3.90. The Morgan fingerprint density at radius 1 is 1.04 bits per heavy atom. The first-order valence-corrected chi connectivity index (χ1v) is 8.39. The Morgan fingerprint density at radius 2 is 1.73 bits per heavy atom. The number of Topliss-reactive ketones (excluding diaryl/α,β-unsaturated/α-hetero) is 1. The van der Waals surface area contributed by atoms with Crippen LogP contribution in [0.5, 0.6) is 0 Å². The standard InChI is InChI=1S/C20H18FNO4/c21-16-11-9-15(10-12-16)18(23)7-4-8-19(24)22-17(13-26-20(22)25)14-5-2-1-3-6-14/h1-3,5-6,9-12,17H,4,7-8,13H2/t17-/m0/s1. The van der Waals surface area contributed by atoms with Gasteiger partial charge < -0.3 is 4.74 Å². The number of ether oxygens (including phenoxy) is 1. The first kappa shape index (κ1) is 17.8. The number of cyclic esters (lactones) is 1. The van der Waals surface area contributed by atoms with Crippen LogP contribution in [0, 0.1) is 5.82 Å². The molecular weight excluding hydrogens is 337 g/mol.